The number of hydrogen-bond donors (Lipinski definition) is 2. The van der Waals surface area contributed by atoms with Crippen LogP contribution in [0.3, 0.4) is 0 Å². The van der Waals surface area contributed by atoms with E-state index in [-0.39, 0.29) is 17.5 Å². The summed E-state index contributed by atoms with van der Waals surface area (Å²) >= 11 is 0. The number of nitrogens with zero attached hydrogens (tertiary/aromatic N) is 3. The van der Waals surface area contributed by atoms with Gasteiger partial charge in [-0.2, -0.15) is 10.4 Å². The standard InChI is InChI=1S/C13H12N4O2/c1-8-5-10(18)3-4-11(8)13(19)15-12-9(6-14)7-17(2)16-12/h3-5,7,18H,1-2H3,(H,15,16,19). The smallest absolute Gasteiger partial charge is 0.257 e. The monoisotopic (exact) mass is 256 g/mol. The van der Waals surface area contributed by atoms with Gasteiger partial charge in [0.1, 0.15) is 17.4 Å². The van der Waals surface area contributed by atoms with Crippen molar-refractivity contribution in [2.75, 3.05) is 5.32 Å². The minimum Gasteiger partial charge on any atom is -0.508 e. The predicted molar refractivity (Wildman–Crippen MR) is 68.7 cm³/mol. The molecule has 1 heterocycles. The maximum Gasteiger partial charge on any atom is 0.257 e. The Bertz CT molecular complexity index is 682. The Labute approximate surface area is 109 Å². The second-order valence-corrected chi connectivity index (χ2v) is 4.13. The molecule has 0 fully saturated rings. The molecule has 2 aromatic rings. The van der Waals surface area contributed by atoms with Gasteiger partial charge in [0, 0.05) is 18.8 Å². The lowest BCUT2D eigenvalue weighted by atomic mass is 10.1. The normalized spacial score (nSPS) is 9.95. The van der Waals surface area contributed by atoms with E-state index in [1.807, 2.05) is 6.07 Å². The molecule has 0 aliphatic rings. The summed E-state index contributed by atoms with van der Waals surface area (Å²) in [5.41, 5.74) is 1.37. The average molecular weight is 256 g/mol. The number of hydrogen-bond acceptors (Lipinski definition) is 4. The van der Waals surface area contributed by atoms with Gasteiger partial charge in [-0.15, -0.1) is 0 Å². The van der Waals surface area contributed by atoms with Crippen molar-refractivity contribution >= 4 is 11.7 Å². The van der Waals surface area contributed by atoms with Gasteiger partial charge in [0.2, 0.25) is 0 Å². The first kappa shape index (κ1) is 12.6. The van der Waals surface area contributed by atoms with Crippen molar-refractivity contribution in [2.45, 2.75) is 6.92 Å². The molecule has 0 saturated carbocycles. The van der Waals surface area contributed by atoms with Crippen molar-refractivity contribution < 1.29 is 9.90 Å². The van der Waals surface area contributed by atoms with E-state index >= 15 is 0 Å². The maximum atomic E-state index is 12.1. The van der Waals surface area contributed by atoms with E-state index in [0.717, 1.165) is 0 Å². The first-order valence-electron chi connectivity index (χ1n) is 5.56. The van der Waals surface area contributed by atoms with Crippen LogP contribution >= 0.6 is 0 Å². The highest BCUT2D eigenvalue weighted by molar-refractivity contribution is 6.05. The Kier molecular flexibility index (Phi) is 3.21. The van der Waals surface area contributed by atoms with Crippen molar-refractivity contribution in [3.8, 4) is 11.8 Å². The van der Waals surface area contributed by atoms with E-state index in [2.05, 4.69) is 10.4 Å². The molecule has 0 bridgehead atoms. The van der Waals surface area contributed by atoms with Crippen molar-refractivity contribution in [1.82, 2.24) is 9.78 Å². The average Bonchev–Trinajstić information content (AvgIpc) is 2.69. The molecule has 2 N–H and O–H groups in total. The molecule has 0 aliphatic carbocycles. The number of nitrogens with one attached hydrogen (secondary N) is 1. The largest absolute Gasteiger partial charge is 0.508 e. The van der Waals surface area contributed by atoms with Crippen LogP contribution < -0.4 is 5.32 Å². The number of anilines is 1. The van der Waals surface area contributed by atoms with Gasteiger partial charge in [0.05, 0.1) is 0 Å². The molecular formula is C13H12N4O2. The summed E-state index contributed by atoms with van der Waals surface area (Å²) in [4.78, 5) is 12.1. The molecule has 0 aliphatic heterocycles. The lowest BCUT2D eigenvalue weighted by Gasteiger charge is -2.06. The van der Waals surface area contributed by atoms with Crippen LogP contribution in [-0.2, 0) is 7.05 Å². The summed E-state index contributed by atoms with van der Waals surface area (Å²) < 4.78 is 1.46. The second-order valence-electron chi connectivity index (χ2n) is 4.13. The van der Waals surface area contributed by atoms with Crippen LogP contribution in [0.15, 0.2) is 24.4 Å². The highest BCUT2D eigenvalue weighted by atomic mass is 16.3. The minimum atomic E-state index is -0.368. The number of rotatable bonds is 2. The van der Waals surface area contributed by atoms with Gasteiger partial charge in [-0.05, 0) is 30.7 Å². The van der Waals surface area contributed by atoms with Crippen LogP contribution in [0.25, 0.3) is 0 Å². The summed E-state index contributed by atoms with van der Waals surface area (Å²) in [6.07, 6.45) is 1.53. The number of phenols is 1. The molecule has 0 saturated heterocycles. The molecule has 0 spiro atoms. The number of amides is 1. The number of aromatic nitrogens is 2. The number of benzene rings is 1. The van der Waals surface area contributed by atoms with Crippen LogP contribution in [0.1, 0.15) is 21.5 Å². The summed E-state index contributed by atoms with van der Waals surface area (Å²) in [7, 11) is 1.67. The molecule has 1 aromatic heterocycles. The third-order valence-electron chi connectivity index (χ3n) is 2.64. The van der Waals surface area contributed by atoms with Gasteiger partial charge in [0.15, 0.2) is 5.82 Å². The number of carbonyl (C=O) groups excluding carboxylic acids is 1. The van der Waals surface area contributed by atoms with E-state index < -0.39 is 0 Å². The molecule has 6 nitrogen and oxygen atoms in total. The highest BCUT2D eigenvalue weighted by Crippen LogP contribution is 2.18. The van der Waals surface area contributed by atoms with Gasteiger partial charge in [-0.1, -0.05) is 0 Å². The van der Waals surface area contributed by atoms with Crippen LogP contribution in [0, 0.1) is 18.3 Å². The van der Waals surface area contributed by atoms with Gasteiger partial charge >= 0.3 is 0 Å². The van der Waals surface area contributed by atoms with Crippen LogP contribution in [-0.4, -0.2) is 20.8 Å². The zero-order valence-electron chi connectivity index (χ0n) is 10.5. The van der Waals surface area contributed by atoms with Gasteiger partial charge < -0.3 is 10.4 Å². The quantitative estimate of drug-likeness (QED) is 0.853. The second kappa shape index (κ2) is 4.82. The van der Waals surface area contributed by atoms with Crippen molar-refractivity contribution in [1.29, 1.82) is 5.26 Å². The van der Waals surface area contributed by atoms with E-state index in [9.17, 15) is 9.90 Å². The summed E-state index contributed by atoms with van der Waals surface area (Å²) in [5, 5.41) is 24.8. The molecule has 19 heavy (non-hydrogen) atoms. The summed E-state index contributed by atoms with van der Waals surface area (Å²) in [5.74, 6) is -0.0419. The first-order chi connectivity index (χ1) is 9.01. The van der Waals surface area contributed by atoms with Crippen molar-refractivity contribution in [3.05, 3.63) is 41.1 Å². The Hall–Kier alpha value is -2.81. The Morgan fingerprint density at radius 3 is 2.89 bits per heavy atom. The van der Waals surface area contributed by atoms with Crippen molar-refractivity contribution in [2.24, 2.45) is 7.05 Å². The topological polar surface area (TPSA) is 90.9 Å². The Morgan fingerprint density at radius 2 is 2.26 bits per heavy atom. The SMILES string of the molecule is Cc1cc(O)ccc1C(=O)Nc1nn(C)cc1C#N. The number of aryl methyl sites for hydroxylation is 2. The molecule has 0 atom stereocenters. The zero-order chi connectivity index (χ0) is 14.0. The van der Waals surface area contributed by atoms with Gasteiger partial charge in [0.25, 0.3) is 5.91 Å². The van der Waals surface area contributed by atoms with Crippen molar-refractivity contribution in [3.63, 3.8) is 0 Å². The minimum absolute atomic E-state index is 0.101. The first-order valence-corrected chi connectivity index (χ1v) is 5.56. The van der Waals surface area contributed by atoms with Gasteiger partial charge in [-0.3, -0.25) is 9.48 Å². The van der Waals surface area contributed by atoms with Crippen LogP contribution in [0.2, 0.25) is 0 Å². The van der Waals surface area contributed by atoms with E-state index in [1.54, 1.807) is 14.0 Å². The van der Waals surface area contributed by atoms with Crippen LogP contribution in [0.5, 0.6) is 5.75 Å². The van der Waals surface area contributed by atoms with E-state index in [1.165, 1.54) is 29.1 Å². The van der Waals surface area contributed by atoms with Crippen LogP contribution in [0.4, 0.5) is 5.82 Å². The molecule has 96 valence electrons. The van der Waals surface area contributed by atoms with E-state index in [4.69, 9.17) is 5.26 Å². The predicted octanol–water partition coefficient (Wildman–Crippen LogP) is 1.56. The lowest BCUT2D eigenvalue weighted by molar-refractivity contribution is 0.102. The molecule has 0 radical (unpaired) electrons. The number of aromatic hydroxyl groups is 1. The Balaban J connectivity index is 2.28. The molecule has 2 rings (SSSR count). The molecule has 6 heteroatoms. The molecule has 1 amide bonds. The third kappa shape index (κ3) is 2.55. The fraction of sp³-hybridized carbons (Fsp3) is 0.154. The summed E-state index contributed by atoms with van der Waals surface area (Å²) in [6, 6.07) is 6.42. The number of phenolic OH excluding ortho intramolecular Hbond substituents is 1. The highest BCUT2D eigenvalue weighted by Gasteiger charge is 2.14. The Morgan fingerprint density at radius 1 is 1.53 bits per heavy atom. The fourth-order valence-electron chi connectivity index (χ4n) is 1.74. The molecular weight excluding hydrogens is 244 g/mol. The maximum absolute atomic E-state index is 12.1. The molecule has 0 unspecified atom stereocenters. The fourth-order valence-corrected chi connectivity index (χ4v) is 1.74. The van der Waals surface area contributed by atoms with E-state index in [0.29, 0.717) is 16.7 Å². The number of carbonyl (C=O) groups is 1. The summed E-state index contributed by atoms with van der Waals surface area (Å²) in [6.45, 7) is 1.72. The third-order valence-corrected chi connectivity index (χ3v) is 2.64. The zero-order valence-corrected chi connectivity index (χ0v) is 10.5. The molecule has 1 aromatic carbocycles. The number of nitriles is 1. The lowest BCUT2D eigenvalue weighted by Crippen LogP contribution is -2.14. The van der Waals surface area contributed by atoms with Gasteiger partial charge in [-0.25, -0.2) is 0 Å².